The van der Waals surface area contributed by atoms with Crippen molar-refractivity contribution in [3.63, 3.8) is 0 Å². The zero-order chi connectivity index (χ0) is 19.7. The Morgan fingerprint density at radius 2 is 2.04 bits per heavy atom. The van der Waals surface area contributed by atoms with Crippen LogP contribution in [-0.4, -0.2) is 38.7 Å². The first-order chi connectivity index (χ1) is 13.3. The number of hydrogen-bond acceptors (Lipinski definition) is 4. The fourth-order valence-electron chi connectivity index (χ4n) is 4.63. The average molecular weight is 377 g/mol. The maximum Gasteiger partial charge on any atom is 0.414 e. The third-order valence-electron chi connectivity index (χ3n) is 5.87. The van der Waals surface area contributed by atoms with Gasteiger partial charge in [-0.25, -0.2) is 4.79 Å². The van der Waals surface area contributed by atoms with E-state index in [9.17, 15) is 9.59 Å². The molecule has 1 amide bonds. The minimum Gasteiger partial charge on any atom is -0.443 e. The van der Waals surface area contributed by atoms with Crippen molar-refractivity contribution in [3.05, 3.63) is 65.1 Å². The molecule has 2 aromatic rings. The fraction of sp³-hybridized carbons (Fsp3) is 0.409. The quantitative estimate of drug-likeness (QED) is 0.803. The number of carbonyl (C=O) groups excluding carboxylic acids is 2. The van der Waals surface area contributed by atoms with Gasteiger partial charge in [-0.2, -0.15) is 5.10 Å². The second kappa shape index (κ2) is 5.56. The van der Waals surface area contributed by atoms with Crippen LogP contribution in [0.1, 0.15) is 48.8 Å². The topological polar surface area (TPSA) is 64.4 Å². The molecular formula is C22H23N3O3. The van der Waals surface area contributed by atoms with Gasteiger partial charge in [0.1, 0.15) is 11.3 Å². The lowest BCUT2D eigenvalue weighted by Gasteiger charge is -2.30. The van der Waals surface area contributed by atoms with Crippen LogP contribution in [0, 0.1) is 5.92 Å². The Labute approximate surface area is 163 Å². The second-order valence-corrected chi connectivity index (χ2v) is 8.91. The molecular weight excluding hydrogens is 354 g/mol. The van der Waals surface area contributed by atoms with E-state index in [0.29, 0.717) is 24.7 Å². The minimum atomic E-state index is -0.567. The summed E-state index contributed by atoms with van der Waals surface area (Å²) in [6.07, 6.45) is 4.03. The number of amides is 1. The maximum atomic E-state index is 13.0. The monoisotopic (exact) mass is 377 g/mol. The van der Waals surface area contributed by atoms with Gasteiger partial charge < -0.3 is 4.74 Å². The summed E-state index contributed by atoms with van der Waals surface area (Å²) >= 11 is 0. The first kappa shape index (κ1) is 17.2. The van der Waals surface area contributed by atoms with E-state index < -0.39 is 5.60 Å². The molecule has 1 spiro atoms. The number of ketones is 1. The van der Waals surface area contributed by atoms with Crippen LogP contribution in [-0.2, 0) is 16.7 Å². The standard InChI is InChI=1S/C22H23N3O3/c1-21(2,3)28-20(27)24-13-15-10-22(15)16-11-23-25(12-14-7-5-4-6-8-14)19(16)17(26)9-18(22)24/h4-9,11,15H,10,12-13H2,1-3H3. The number of rotatable bonds is 2. The third kappa shape index (κ3) is 2.44. The van der Waals surface area contributed by atoms with Gasteiger partial charge in [0.15, 0.2) is 0 Å². The molecule has 6 nitrogen and oxygen atoms in total. The van der Waals surface area contributed by atoms with Crippen LogP contribution < -0.4 is 0 Å². The van der Waals surface area contributed by atoms with E-state index in [1.54, 1.807) is 15.7 Å². The largest absolute Gasteiger partial charge is 0.443 e. The summed E-state index contributed by atoms with van der Waals surface area (Å²) in [7, 11) is 0. The van der Waals surface area contributed by atoms with Gasteiger partial charge in [0.05, 0.1) is 12.7 Å². The molecule has 2 unspecified atom stereocenters. The molecule has 1 aliphatic heterocycles. The molecule has 144 valence electrons. The lowest BCUT2D eigenvalue weighted by atomic mass is 9.85. The zero-order valence-corrected chi connectivity index (χ0v) is 16.3. The van der Waals surface area contributed by atoms with E-state index in [0.717, 1.165) is 23.2 Å². The van der Waals surface area contributed by atoms with Gasteiger partial charge in [0, 0.05) is 29.3 Å². The van der Waals surface area contributed by atoms with Gasteiger partial charge in [0.25, 0.3) is 0 Å². The predicted octanol–water partition coefficient (Wildman–Crippen LogP) is 3.52. The Kier molecular flexibility index (Phi) is 3.42. The number of nitrogens with zero attached hydrogens (tertiary/aromatic N) is 3. The molecule has 1 aromatic carbocycles. The number of piperidine rings is 1. The number of aromatic nitrogens is 2. The number of ether oxygens (including phenoxy) is 1. The van der Waals surface area contributed by atoms with Crippen molar-refractivity contribution >= 4 is 11.9 Å². The van der Waals surface area contributed by atoms with E-state index >= 15 is 0 Å². The molecule has 1 saturated heterocycles. The molecule has 0 N–H and O–H groups in total. The lowest BCUT2D eigenvalue weighted by Crippen LogP contribution is -2.38. The number of allylic oxidation sites excluding steroid dienone is 2. The zero-order valence-electron chi connectivity index (χ0n) is 16.3. The highest BCUT2D eigenvalue weighted by atomic mass is 16.6. The van der Waals surface area contributed by atoms with E-state index in [1.165, 1.54) is 0 Å². The van der Waals surface area contributed by atoms with Crippen molar-refractivity contribution in [2.24, 2.45) is 5.92 Å². The molecule has 1 saturated carbocycles. The number of fused-ring (bicyclic) bond motifs is 1. The van der Waals surface area contributed by atoms with E-state index in [1.807, 2.05) is 57.3 Å². The summed E-state index contributed by atoms with van der Waals surface area (Å²) in [6, 6.07) is 9.99. The van der Waals surface area contributed by atoms with Gasteiger partial charge >= 0.3 is 6.09 Å². The van der Waals surface area contributed by atoms with Gasteiger partial charge in [0.2, 0.25) is 5.78 Å². The van der Waals surface area contributed by atoms with Crippen LogP contribution in [0.25, 0.3) is 0 Å². The molecule has 2 atom stereocenters. The molecule has 5 rings (SSSR count). The van der Waals surface area contributed by atoms with Crippen LogP contribution in [0.4, 0.5) is 4.79 Å². The molecule has 3 aliphatic rings. The number of hydrogen-bond donors (Lipinski definition) is 0. The molecule has 1 aromatic heterocycles. The highest BCUT2D eigenvalue weighted by Gasteiger charge is 2.68. The van der Waals surface area contributed by atoms with E-state index in [2.05, 4.69) is 5.10 Å². The predicted molar refractivity (Wildman–Crippen MR) is 103 cm³/mol. The highest BCUT2D eigenvalue weighted by molar-refractivity contribution is 6.08. The average Bonchev–Trinajstić information content (AvgIpc) is 3.00. The summed E-state index contributed by atoms with van der Waals surface area (Å²) in [5.74, 6) is 0.234. The Balaban J connectivity index is 1.49. The Morgan fingerprint density at radius 3 is 2.75 bits per heavy atom. The molecule has 0 radical (unpaired) electrons. The second-order valence-electron chi connectivity index (χ2n) is 8.91. The van der Waals surface area contributed by atoms with E-state index in [4.69, 9.17) is 4.74 Å². The van der Waals surface area contributed by atoms with Crippen LogP contribution >= 0.6 is 0 Å². The SMILES string of the molecule is CC(C)(C)OC(=O)N1CC2CC23C1=CC(=O)c1c3cnn1Cc1ccccc1. The van der Waals surface area contributed by atoms with Crippen LogP contribution in [0.3, 0.4) is 0 Å². The number of likely N-dealkylation sites (tertiary alicyclic amines) is 1. The highest BCUT2D eigenvalue weighted by Crippen LogP contribution is 2.66. The molecule has 2 fully saturated rings. The Hall–Kier alpha value is -2.89. The normalized spacial score (nSPS) is 25.0. The van der Waals surface area contributed by atoms with Crippen LogP contribution in [0.2, 0.25) is 0 Å². The van der Waals surface area contributed by atoms with Gasteiger partial charge in [-0.05, 0) is 38.7 Å². The molecule has 2 aliphatic carbocycles. The van der Waals surface area contributed by atoms with Crippen LogP contribution in [0.15, 0.2) is 48.3 Å². The van der Waals surface area contributed by atoms with Crippen molar-refractivity contribution < 1.29 is 14.3 Å². The first-order valence-corrected chi connectivity index (χ1v) is 9.67. The molecule has 0 bridgehead atoms. The molecule has 28 heavy (non-hydrogen) atoms. The van der Waals surface area contributed by atoms with Gasteiger partial charge in [-0.15, -0.1) is 0 Å². The van der Waals surface area contributed by atoms with Crippen LogP contribution in [0.5, 0.6) is 0 Å². The van der Waals surface area contributed by atoms with Crippen molar-refractivity contribution in [3.8, 4) is 0 Å². The summed E-state index contributed by atoms with van der Waals surface area (Å²) in [4.78, 5) is 27.3. The van der Waals surface area contributed by atoms with Crippen molar-refractivity contribution in [2.75, 3.05) is 6.54 Å². The lowest BCUT2D eigenvalue weighted by molar-refractivity contribution is 0.0322. The van der Waals surface area contributed by atoms with Crippen molar-refractivity contribution in [2.45, 2.75) is 44.8 Å². The number of carbonyl (C=O) groups is 2. The maximum absolute atomic E-state index is 13.0. The Bertz CT molecular complexity index is 1020. The summed E-state index contributed by atoms with van der Waals surface area (Å²) in [5.41, 5.74) is 2.67. The Morgan fingerprint density at radius 1 is 1.29 bits per heavy atom. The fourth-order valence-corrected chi connectivity index (χ4v) is 4.63. The summed E-state index contributed by atoms with van der Waals surface area (Å²) < 4.78 is 7.35. The summed E-state index contributed by atoms with van der Waals surface area (Å²) in [6.45, 7) is 6.70. The molecule has 2 heterocycles. The third-order valence-corrected chi connectivity index (χ3v) is 5.87. The first-order valence-electron chi connectivity index (χ1n) is 9.67. The van der Waals surface area contributed by atoms with Crippen molar-refractivity contribution in [1.29, 1.82) is 0 Å². The van der Waals surface area contributed by atoms with Gasteiger partial charge in [-0.3, -0.25) is 14.4 Å². The minimum absolute atomic E-state index is 0.0924. The van der Waals surface area contributed by atoms with Gasteiger partial charge in [-0.1, -0.05) is 30.3 Å². The number of benzene rings is 1. The van der Waals surface area contributed by atoms with E-state index in [-0.39, 0.29) is 17.3 Å². The van der Waals surface area contributed by atoms with Crippen molar-refractivity contribution in [1.82, 2.24) is 14.7 Å². The summed E-state index contributed by atoms with van der Waals surface area (Å²) in [5, 5.41) is 4.53. The smallest absolute Gasteiger partial charge is 0.414 e. The molecule has 6 heteroatoms.